The topological polar surface area (TPSA) is 78.1 Å². The van der Waals surface area contributed by atoms with E-state index in [-0.39, 0.29) is 17.0 Å². The van der Waals surface area contributed by atoms with Crippen molar-refractivity contribution in [1.29, 1.82) is 0 Å². The third-order valence-corrected chi connectivity index (χ3v) is 5.08. The van der Waals surface area contributed by atoms with E-state index in [0.717, 1.165) is 5.69 Å². The first kappa shape index (κ1) is 17.1. The minimum absolute atomic E-state index is 0.0955. The number of sulfonamides is 1. The molecule has 0 bridgehead atoms. The molecule has 0 aliphatic rings. The van der Waals surface area contributed by atoms with Crippen molar-refractivity contribution in [3.63, 3.8) is 0 Å². The van der Waals surface area contributed by atoms with Gasteiger partial charge in [0.1, 0.15) is 0 Å². The van der Waals surface area contributed by atoms with Crippen LogP contribution in [0.2, 0.25) is 0 Å². The van der Waals surface area contributed by atoms with Crippen LogP contribution >= 0.6 is 0 Å². The number of H-pyrrole nitrogens is 1. The zero-order chi connectivity index (χ0) is 15.5. The van der Waals surface area contributed by atoms with E-state index in [4.69, 9.17) is 0 Å². The van der Waals surface area contributed by atoms with Crippen molar-refractivity contribution in [2.24, 2.45) is 5.92 Å². The van der Waals surface area contributed by atoms with Crippen molar-refractivity contribution in [2.75, 3.05) is 13.6 Å². The number of hydrogen-bond acceptors (Lipinski definition) is 4. The molecular weight excluding hydrogens is 276 g/mol. The van der Waals surface area contributed by atoms with E-state index in [1.165, 1.54) is 4.31 Å². The highest BCUT2D eigenvalue weighted by Crippen LogP contribution is 2.23. The first-order valence-electron chi connectivity index (χ1n) is 6.92. The maximum absolute atomic E-state index is 12.8. The number of aromatic nitrogens is 2. The Labute approximate surface area is 122 Å². The van der Waals surface area contributed by atoms with Gasteiger partial charge in [0.25, 0.3) is 10.0 Å². The fourth-order valence-electron chi connectivity index (χ4n) is 2.09. The Kier molecular flexibility index (Phi) is 5.73. The van der Waals surface area contributed by atoms with Gasteiger partial charge in [0.15, 0.2) is 5.03 Å². The molecular formula is C13H26N4O2S. The number of rotatable bonds is 7. The van der Waals surface area contributed by atoms with Gasteiger partial charge in [0, 0.05) is 30.4 Å². The zero-order valence-corrected chi connectivity index (χ0v) is 14.0. The summed E-state index contributed by atoms with van der Waals surface area (Å²) in [6.45, 7) is 10.6. The minimum atomic E-state index is -3.58. The lowest BCUT2D eigenvalue weighted by Crippen LogP contribution is -2.40. The fourth-order valence-corrected chi connectivity index (χ4v) is 4.06. The zero-order valence-electron chi connectivity index (χ0n) is 13.2. The van der Waals surface area contributed by atoms with E-state index in [1.807, 2.05) is 34.6 Å². The molecule has 0 atom stereocenters. The van der Waals surface area contributed by atoms with E-state index >= 15 is 0 Å². The molecule has 1 aromatic heterocycles. The molecule has 0 aliphatic carbocycles. The lowest BCUT2D eigenvalue weighted by Gasteiger charge is -2.27. The third-order valence-electron chi connectivity index (χ3n) is 3.06. The standard InChI is InChI=1S/C13H26N4O2S/c1-9(2)8-17(10(3)4)20(18,19)13-12(7-14-6)11(5)15-16-13/h9-10,14H,7-8H2,1-6H3,(H,15,16). The van der Waals surface area contributed by atoms with Crippen molar-refractivity contribution in [2.45, 2.75) is 52.2 Å². The highest BCUT2D eigenvalue weighted by molar-refractivity contribution is 7.89. The first-order valence-corrected chi connectivity index (χ1v) is 8.36. The maximum Gasteiger partial charge on any atom is 0.262 e. The lowest BCUT2D eigenvalue weighted by molar-refractivity contribution is 0.317. The van der Waals surface area contributed by atoms with Gasteiger partial charge in [0.05, 0.1) is 0 Å². The van der Waals surface area contributed by atoms with Crippen molar-refractivity contribution in [3.05, 3.63) is 11.3 Å². The summed E-state index contributed by atoms with van der Waals surface area (Å²) in [5, 5.41) is 9.93. The monoisotopic (exact) mass is 302 g/mol. The van der Waals surface area contributed by atoms with E-state index in [2.05, 4.69) is 15.5 Å². The summed E-state index contributed by atoms with van der Waals surface area (Å²) < 4.78 is 27.2. The van der Waals surface area contributed by atoms with Crippen LogP contribution in [0, 0.1) is 12.8 Å². The first-order chi connectivity index (χ1) is 9.21. The average Bonchev–Trinajstić information content (AvgIpc) is 2.68. The smallest absolute Gasteiger partial charge is 0.262 e. The van der Waals surface area contributed by atoms with Gasteiger partial charge in [-0.3, -0.25) is 5.10 Å². The average molecular weight is 302 g/mol. The molecule has 116 valence electrons. The number of aryl methyl sites for hydroxylation is 1. The summed E-state index contributed by atoms with van der Waals surface area (Å²) in [6.07, 6.45) is 0. The lowest BCUT2D eigenvalue weighted by atomic mass is 10.2. The van der Waals surface area contributed by atoms with Crippen LogP contribution in [0.25, 0.3) is 0 Å². The quantitative estimate of drug-likeness (QED) is 0.800. The Hall–Kier alpha value is -0.920. The Bertz CT molecular complexity index is 535. The Morgan fingerprint density at radius 2 is 1.90 bits per heavy atom. The molecule has 0 aromatic carbocycles. The summed E-state index contributed by atoms with van der Waals surface area (Å²) in [5.74, 6) is 0.264. The van der Waals surface area contributed by atoms with Gasteiger partial charge in [-0.1, -0.05) is 13.8 Å². The largest absolute Gasteiger partial charge is 0.316 e. The molecule has 0 amide bonds. The van der Waals surface area contributed by atoms with Crippen LogP contribution in [0.4, 0.5) is 0 Å². The van der Waals surface area contributed by atoms with Crippen LogP contribution < -0.4 is 5.32 Å². The Balaban J connectivity index is 3.26. The Morgan fingerprint density at radius 3 is 2.35 bits per heavy atom. The third kappa shape index (κ3) is 3.59. The SMILES string of the molecule is CNCc1c(S(=O)(=O)N(CC(C)C)C(C)C)n[nH]c1C. The summed E-state index contributed by atoms with van der Waals surface area (Å²) in [5.41, 5.74) is 1.49. The van der Waals surface area contributed by atoms with Crippen molar-refractivity contribution < 1.29 is 8.42 Å². The molecule has 0 fully saturated rings. The second-order valence-corrected chi connectivity index (χ2v) is 7.53. The van der Waals surface area contributed by atoms with E-state index in [9.17, 15) is 8.42 Å². The van der Waals surface area contributed by atoms with Crippen LogP contribution in [0.5, 0.6) is 0 Å². The molecule has 1 heterocycles. The number of nitrogens with zero attached hydrogens (tertiary/aromatic N) is 2. The van der Waals surface area contributed by atoms with Gasteiger partial charge in [0.2, 0.25) is 0 Å². The van der Waals surface area contributed by atoms with Gasteiger partial charge >= 0.3 is 0 Å². The summed E-state index contributed by atoms with van der Waals surface area (Å²) >= 11 is 0. The summed E-state index contributed by atoms with van der Waals surface area (Å²) in [7, 11) is -1.79. The van der Waals surface area contributed by atoms with Crippen LogP contribution in [0.15, 0.2) is 5.03 Å². The van der Waals surface area contributed by atoms with E-state index < -0.39 is 10.0 Å². The minimum Gasteiger partial charge on any atom is -0.316 e. The van der Waals surface area contributed by atoms with Crippen molar-refractivity contribution in [3.8, 4) is 0 Å². The normalized spacial score (nSPS) is 12.8. The molecule has 0 saturated heterocycles. The van der Waals surface area contributed by atoms with Gasteiger partial charge in [-0.2, -0.15) is 9.40 Å². The molecule has 1 rings (SSSR count). The second kappa shape index (κ2) is 6.69. The second-order valence-electron chi connectivity index (χ2n) is 5.72. The number of hydrogen-bond donors (Lipinski definition) is 2. The summed E-state index contributed by atoms with van der Waals surface area (Å²) in [6, 6.07) is -0.0955. The Morgan fingerprint density at radius 1 is 1.30 bits per heavy atom. The van der Waals surface area contributed by atoms with Gasteiger partial charge in [-0.15, -0.1) is 0 Å². The van der Waals surface area contributed by atoms with E-state index in [1.54, 1.807) is 7.05 Å². The van der Waals surface area contributed by atoms with Crippen LogP contribution in [-0.4, -0.2) is 42.6 Å². The molecule has 0 radical (unpaired) electrons. The van der Waals surface area contributed by atoms with Crippen LogP contribution in [-0.2, 0) is 16.6 Å². The van der Waals surface area contributed by atoms with Crippen molar-refractivity contribution >= 4 is 10.0 Å². The molecule has 6 nitrogen and oxygen atoms in total. The molecule has 0 aliphatic heterocycles. The van der Waals surface area contributed by atoms with Gasteiger partial charge < -0.3 is 5.32 Å². The fraction of sp³-hybridized carbons (Fsp3) is 0.769. The van der Waals surface area contributed by atoms with E-state index in [0.29, 0.717) is 18.7 Å². The molecule has 7 heteroatoms. The van der Waals surface area contributed by atoms with Crippen LogP contribution in [0.1, 0.15) is 39.0 Å². The molecule has 0 spiro atoms. The predicted molar refractivity (Wildman–Crippen MR) is 80.0 cm³/mol. The van der Waals surface area contributed by atoms with Gasteiger partial charge in [-0.05, 0) is 33.7 Å². The molecule has 2 N–H and O–H groups in total. The van der Waals surface area contributed by atoms with Crippen LogP contribution in [0.3, 0.4) is 0 Å². The maximum atomic E-state index is 12.8. The molecule has 1 aromatic rings. The van der Waals surface area contributed by atoms with Crippen molar-refractivity contribution in [1.82, 2.24) is 19.8 Å². The number of aromatic amines is 1. The molecule has 20 heavy (non-hydrogen) atoms. The molecule has 0 saturated carbocycles. The summed E-state index contributed by atoms with van der Waals surface area (Å²) in [4.78, 5) is 0. The van der Waals surface area contributed by atoms with Gasteiger partial charge in [-0.25, -0.2) is 8.42 Å². The molecule has 0 unspecified atom stereocenters. The highest BCUT2D eigenvalue weighted by atomic mass is 32.2. The predicted octanol–water partition coefficient (Wildman–Crippen LogP) is 1.49. The highest BCUT2D eigenvalue weighted by Gasteiger charge is 2.32. The number of nitrogens with one attached hydrogen (secondary N) is 2.